The smallest absolute Gasteiger partial charge is 0.412 e. The first-order valence-corrected chi connectivity index (χ1v) is 10.8. The number of likely N-dealkylation sites (N-methyl/N-ethyl adjacent to an activating group) is 1. The summed E-state index contributed by atoms with van der Waals surface area (Å²) < 4.78 is 10.2. The van der Waals surface area contributed by atoms with E-state index in [0.717, 1.165) is 37.7 Å². The number of carbonyl (C=O) groups is 2. The molecular weight excluding hydrogens is 420 g/mol. The van der Waals surface area contributed by atoms with Crippen LogP contribution in [0.3, 0.4) is 0 Å². The zero-order valence-electron chi connectivity index (χ0n) is 18.4. The monoisotopic (exact) mass is 446 g/mol. The summed E-state index contributed by atoms with van der Waals surface area (Å²) in [6.07, 6.45) is 4.15. The average Bonchev–Trinajstić information content (AvgIpc) is 3.36. The van der Waals surface area contributed by atoms with E-state index < -0.39 is 6.09 Å². The SMILES string of the molecule is CN1CCN(c2cccc(C=CC(=O)c3ccc(NC(=O)OCc4ccco4)cc3)n2)CC1. The van der Waals surface area contributed by atoms with Gasteiger partial charge in [0.05, 0.1) is 12.0 Å². The molecule has 2 aromatic heterocycles. The summed E-state index contributed by atoms with van der Waals surface area (Å²) in [5, 5.41) is 2.62. The molecule has 1 aliphatic heterocycles. The molecule has 4 rings (SSSR count). The van der Waals surface area contributed by atoms with Gasteiger partial charge in [0, 0.05) is 37.4 Å². The Labute approximate surface area is 192 Å². The lowest BCUT2D eigenvalue weighted by Crippen LogP contribution is -2.44. The normalized spacial score (nSPS) is 14.4. The molecule has 1 N–H and O–H groups in total. The summed E-state index contributed by atoms with van der Waals surface area (Å²) in [6, 6.07) is 15.9. The van der Waals surface area contributed by atoms with E-state index in [4.69, 9.17) is 9.15 Å². The molecule has 0 saturated carbocycles. The van der Waals surface area contributed by atoms with Crippen molar-refractivity contribution in [3.8, 4) is 0 Å². The summed E-state index contributed by atoms with van der Waals surface area (Å²) in [7, 11) is 2.12. The molecule has 170 valence electrons. The maximum Gasteiger partial charge on any atom is 0.412 e. The lowest BCUT2D eigenvalue weighted by Gasteiger charge is -2.33. The minimum atomic E-state index is -0.600. The lowest BCUT2D eigenvalue weighted by atomic mass is 10.1. The summed E-state index contributed by atoms with van der Waals surface area (Å²) >= 11 is 0. The van der Waals surface area contributed by atoms with Crippen LogP contribution >= 0.6 is 0 Å². The Bertz CT molecular complexity index is 1100. The van der Waals surface area contributed by atoms with Gasteiger partial charge in [-0.25, -0.2) is 9.78 Å². The summed E-state index contributed by atoms with van der Waals surface area (Å²) in [5.41, 5.74) is 1.77. The third kappa shape index (κ3) is 6.30. The Morgan fingerprint density at radius 1 is 1.06 bits per heavy atom. The quantitative estimate of drug-likeness (QED) is 0.432. The standard InChI is InChI=1S/C25H26N4O4/c1-28-13-15-29(16-14-28)24-6-2-4-20(26-24)11-12-23(30)19-7-9-21(10-8-19)27-25(31)33-18-22-5-3-17-32-22/h2-12,17H,13-16,18H2,1H3,(H,27,31). The molecule has 3 aromatic rings. The molecule has 0 radical (unpaired) electrons. The van der Waals surface area contributed by atoms with Crippen LogP contribution in [0.5, 0.6) is 0 Å². The van der Waals surface area contributed by atoms with Crippen molar-refractivity contribution in [2.24, 2.45) is 0 Å². The van der Waals surface area contributed by atoms with Crippen LogP contribution in [0, 0.1) is 0 Å². The van der Waals surface area contributed by atoms with Gasteiger partial charge < -0.3 is 19.0 Å². The molecule has 1 fully saturated rings. The maximum absolute atomic E-state index is 12.6. The number of benzene rings is 1. The minimum Gasteiger partial charge on any atom is -0.466 e. The average molecular weight is 447 g/mol. The zero-order valence-corrected chi connectivity index (χ0v) is 18.4. The fourth-order valence-electron chi connectivity index (χ4n) is 3.40. The van der Waals surface area contributed by atoms with Gasteiger partial charge in [0.15, 0.2) is 12.4 Å². The van der Waals surface area contributed by atoms with E-state index in [1.165, 1.54) is 12.3 Å². The van der Waals surface area contributed by atoms with Crippen molar-refractivity contribution in [2.45, 2.75) is 6.61 Å². The van der Waals surface area contributed by atoms with E-state index in [-0.39, 0.29) is 12.4 Å². The molecule has 33 heavy (non-hydrogen) atoms. The Morgan fingerprint density at radius 2 is 1.85 bits per heavy atom. The number of carbonyl (C=O) groups excluding carboxylic acids is 2. The number of nitrogens with one attached hydrogen (secondary N) is 1. The molecule has 8 nitrogen and oxygen atoms in total. The predicted molar refractivity (Wildman–Crippen MR) is 126 cm³/mol. The first-order chi connectivity index (χ1) is 16.1. The third-order valence-electron chi connectivity index (χ3n) is 5.33. The highest BCUT2D eigenvalue weighted by molar-refractivity contribution is 6.07. The van der Waals surface area contributed by atoms with Crippen LogP contribution in [0.15, 0.2) is 71.4 Å². The molecule has 1 amide bonds. The van der Waals surface area contributed by atoms with Crippen molar-refractivity contribution in [3.63, 3.8) is 0 Å². The van der Waals surface area contributed by atoms with E-state index in [1.54, 1.807) is 42.5 Å². The third-order valence-corrected chi connectivity index (χ3v) is 5.33. The van der Waals surface area contributed by atoms with Crippen LogP contribution in [0.1, 0.15) is 21.8 Å². The molecular formula is C25H26N4O4. The van der Waals surface area contributed by atoms with Gasteiger partial charge in [-0.15, -0.1) is 0 Å². The number of ketones is 1. The number of hydrogen-bond acceptors (Lipinski definition) is 7. The van der Waals surface area contributed by atoms with Crippen LogP contribution in [0.4, 0.5) is 16.3 Å². The van der Waals surface area contributed by atoms with Gasteiger partial charge in [0.2, 0.25) is 0 Å². The summed E-state index contributed by atoms with van der Waals surface area (Å²) in [5.74, 6) is 1.34. The Morgan fingerprint density at radius 3 is 2.58 bits per heavy atom. The topological polar surface area (TPSA) is 87.9 Å². The molecule has 0 aliphatic carbocycles. The number of hydrogen-bond donors (Lipinski definition) is 1. The van der Waals surface area contributed by atoms with E-state index in [1.807, 2.05) is 18.2 Å². The fourth-order valence-corrected chi connectivity index (χ4v) is 3.40. The Hall–Kier alpha value is -3.91. The van der Waals surface area contributed by atoms with Gasteiger partial charge >= 0.3 is 6.09 Å². The zero-order chi connectivity index (χ0) is 23.0. The highest BCUT2D eigenvalue weighted by atomic mass is 16.6. The fraction of sp³-hybridized carbons (Fsp3) is 0.240. The van der Waals surface area contributed by atoms with E-state index in [9.17, 15) is 9.59 Å². The van der Waals surface area contributed by atoms with Crippen molar-refractivity contribution in [1.29, 1.82) is 0 Å². The maximum atomic E-state index is 12.6. The van der Waals surface area contributed by atoms with Crippen molar-refractivity contribution in [1.82, 2.24) is 9.88 Å². The number of nitrogens with zero attached hydrogens (tertiary/aromatic N) is 3. The van der Waals surface area contributed by atoms with E-state index >= 15 is 0 Å². The van der Waals surface area contributed by atoms with Crippen LogP contribution in [0.25, 0.3) is 6.08 Å². The second-order valence-electron chi connectivity index (χ2n) is 7.77. The summed E-state index contributed by atoms with van der Waals surface area (Å²) in [4.78, 5) is 33.7. The number of ether oxygens (including phenoxy) is 1. The molecule has 3 heterocycles. The van der Waals surface area contributed by atoms with Crippen molar-refractivity contribution < 1.29 is 18.7 Å². The van der Waals surface area contributed by atoms with Crippen molar-refractivity contribution in [3.05, 3.63) is 84.0 Å². The van der Waals surface area contributed by atoms with Gasteiger partial charge in [-0.1, -0.05) is 6.07 Å². The highest BCUT2D eigenvalue weighted by Gasteiger charge is 2.15. The first-order valence-electron chi connectivity index (χ1n) is 10.8. The predicted octanol–water partition coefficient (Wildman–Crippen LogP) is 4.07. The number of allylic oxidation sites excluding steroid dienone is 1. The number of furan rings is 1. The van der Waals surface area contributed by atoms with Crippen LogP contribution in [0.2, 0.25) is 0 Å². The molecule has 0 spiro atoms. The van der Waals surface area contributed by atoms with Gasteiger partial charge in [-0.05, 0) is 67.7 Å². The number of anilines is 2. The number of amides is 1. The Balaban J connectivity index is 1.31. The first kappa shape index (κ1) is 22.3. The van der Waals surface area contributed by atoms with Gasteiger partial charge in [0.1, 0.15) is 11.6 Å². The van der Waals surface area contributed by atoms with Gasteiger partial charge in [0.25, 0.3) is 0 Å². The van der Waals surface area contributed by atoms with E-state index in [0.29, 0.717) is 17.0 Å². The lowest BCUT2D eigenvalue weighted by molar-refractivity contribution is 0.104. The number of pyridine rings is 1. The van der Waals surface area contributed by atoms with Crippen LogP contribution < -0.4 is 10.2 Å². The second kappa shape index (κ2) is 10.6. The summed E-state index contributed by atoms with van der Waals surface area (Å²) in [6.45, 7) is 3.93. The number of rotatable bonds is 7. The largest absolute Gasteiger partial charge is 0.466 e. The second-order valence-corrected chi connectivity index (χ2v) is 7.77. The number of piperazine rings is 1. The van der Waals surface area contributed by atoms with Gasteiger partial charge in [-0.2, -0.15) is 0 Å². The molecule has 0 bridgehead atoms. The van der Waals surface area contributed by atoms with Crippen LogP contribution in [-0.4, -0.2) is 55.0 Å². The molecule has 1 aliphatic rings. The van der Waals surface area contributed by atoms with Gasteiger partial charge in [-0.3, -0.25) is 10.1 Å². The molecule has 0 unspecified atom stereocenters. The minimum absolute atomic E-state index is 0.0459. The molecule has 0 atom stereocenters. The molecule has 8 heteroatoms. The molecule has 1 saturated heterocycles. The highest BCUT2D eigenvalue weighted by Crippen LogP contribution is 2.16. The number of aromatic nitrogens is 1. The van der Waals surface area contributed by atoms with Crippen LogP contribution in [-0.2, 0) is 11.3 Å². The van der Waals surface area contributed by atoms with Crippen molar-refractivity contribution >= 4 is 29.5 Å². The van der Waals surface area contributed by atoms with Crippen molar-refractivity contribution in [2.75, 3.05) is 43.4 Å². The Kier molecular flexibility index (Phi) is 7.16. The van der Waals surface area contributed by atoms with E-state index in [2.05, 4.69) is 27.1 Å². The molecule has 1 aromatic carbocycles.